The number of rotatable bonds is 5. The fourth-order valence-corrected chi connectivity index (χ4v) is 3.46. The number of nitrogens with one attached hydrogen (secondary N) is 1. The van der Waals surface area contributed by atoms with Crippen LogP contribution < -0.4 is 5.32 Å². The van der Waals surface area contributed by atoms with Crippen LogP contribution in [0.15, 0.2) is 53.7 Å². The van der Waals surface area contributed by atoms with Crippen LogP contribution in [0.25, 0.3) is 11.3 Å². The fraction of sp³-hybridized carbons (Fsp3) is 0.190. The lowest BCUT2D eigenvalue weighted by molar-refractivity contribution is -0.137. The Kier molecular flexibility index (Phi) is 6.67. The number of anilines is 1. The molecular formula is C21H17ClF3N3OS. The summed E-state index contributed by atoms with van der Waals surface area (Å²) in [5.74, 6) is -0.591. The van der Waals surface area contributed by atoms with E-state index in [0.717, 1.165) is 52.5 Å². The third-order valence-electron chi connectivity index (χ3n) is 4.08. The first-order valence-corrected chi connectivity index (χ1v) is 10.2. The molecule has 0 aliphatic rings. The van der Waals surface area contributed by atoms with Crippen molar-refractivity contribution in [1.29, 1.82) is 0 Å². The molecule has 1 N–H and O–H groups in total. The highest BCUT2D eigenvalue weighted by molar-refractivity contribution is 7.99. The summed E-state index contributed by atoms with van der Waals surface area (Å²) in [6.07, 6.45) is -4.53. The van der Waals surface area contributed by atoms with Gasteiger partial charge in [-0.25, -0.2) is 9.97 Å². The number of hydrogen-bond acceptors (Lipinski definition) is 4. The van der Waals surface area contributed by atoms with Gasteiger partial charge in [-0.15, -0.1) is 0 Å². The van der Waals surface area contributed by atoms with Crippen molar-refractivity contribution >= 4 is 35.0 Å². The highest BCUT2D eigenvalue weighted by Gasteiger charge is 2.31. The highest BCUT2D eigenvalue weighted by Crippen LogP contribution is 2.34. The number of benzene rings is 2. The Labute approximate surface area is 180 Å². The van der Waals surface area contributed by atoms with E-state index in [9.17, 15) is 18.0 Å². The van der Waals surface area contributed by atoms with Gasteiger partial charge in [0.15, 0.2) is 5.16 Å². The molecule has 30 heavy (non-hydrogen) atoms. The molecule has 0 fully saturated rings. The minimum absolute atomic E-state index is 0.0230. The number of carbonyl (C=O) groups excluding carboxylic acids is 1. The molecule has 156 valence electrons. The van der Waals surface area contributed by atoms with Crippen LogP contribution in [-0.2, 0) is 11.0 Å². The van der Waals surface area contributed by atoms with E-state index in [-0.39, 0.29) is 16.5 Å². The molecule has 0 atom stereocenters. The van der Waals surface area contributed by atoms with Gasteiger partial charge in [-0.1, -0.05) is 53.2 Å². The fourth-order valence-electron chi connectivity index (χ4n) is 2.59. The van der Waals surface area contributed by atoms with E-state index in [1.165, 1.54) is 0 Å². The lowest BCUT2D eigenvalue weighted by Crippen LogP contribution is -2.15. The van der Waals surface area contributed by atoms with Crippen LogP contribution in [0.1, 0.15) is 16.8 Å². The van der Waals surface area contributed by atoms with Gasteiger partial charge in [0.25, 0.3) is 0 Å². The molecule has 3 rings (SSSR count). The molecular weight excluding hydrogens is 435 g/mol. The third-order valence-corrected chi connectivity index (χ3v) is 5.26. The number of amides is 1. The average molecular weight is 452 g/mol. The lowest BCUT2D eigenvalue weighted by Gasteiger charge is -2.11. The number of carbonyl (C=O) groups is 1. The topological polar surface area (TPSA) is 54.9 Å². The number of alkyl halides is 3. The van der Waals surface area contributed by atoms with Gasteiger partial charge < -0.3 is 5.32 Å². The molecule has 9 heteroatoms. The zero-order valence-electron chi connectivity index (χ0n) is 16.0. The molecule has 1 amide bonds. The lowest BCUT2D eigenvalue weighted by atomic mass is 10.1. The van der Waals surface area contributed by atoms with E-state index >= 15 is 0 Å². The van der Waals surface area contributed by atoms with Crippen molar-refractivity contribution in [3.8, 4) is 11.3 Å². The SMILES string of the molecule is Cc1ccc(-c2cc(C)nc(SCC(=O)Nc3cc(C(F)(F)F)ccc3Cl)n2)cc1. The van der Waals surface area contributed by atoms with Gasteiger partial charge in [0.1, 0.15) is 0 Å². The van der Waals surface area contributed by atoms with E-state index in [0.29, 0.717) is 5.16 Å². The number of nitrogens with zero attached hydrogens (tertiary/aromatic N) is 2. The molecule has 0 saturated carbocycles. The summed E-state index contributed by atoms with van der Waals surface area (Å²) < 4.78 is 38.6. The second kappa shape index (κ2) is 9.06. The first-order chi connectivity index (χ1) is 14.1. The second-order valence-electron chi connectivity index (χ2n) is 6.57. The quantitative estimate of drug-likeness (QED) is 0.372. The minimum atomic E-state index is -4.53. The Bertz CT molecular complexity index is 1070. The van der Waals surface area contributed by atoms with Gasteiger partial charge in [0.2, 0.25) is 5.91 Å². The Morgan fingerprint density at radius 1 is 1.07 bits per heavy atom. The monoisotopic (exact) mass is 451 g/mol. The summed E-state index contributed by atoms with van der Waals surface area (Å²) >= 11 is 7.00. The number of halogens is 4. The van der Waals surface area contributed by atoms with Gasteiger partial charge in [-0.05, 0) is 38.1 Å². The minimum Gasteiger partial charge on any atom is -0.324 e. The summed E-state index contributed by atoms with van der Waals surface area (Å²) in [6.45, 7) is 3.82. The zero-order chi connectivity index (χ0) is 21.9. The molecule has 0 unspecified atom stereocenters. The average Bonchev–Trinajstić information content (AvgIpc) is 2.67. The first kappa shape index (κ1) is 22.1. The molecule has 0 bridgehead atoms. The predicted octanol–water partition coefficient (Wildman–Crippen LogP) is 6.16. The number of hydrogen-bond donors (Lipinski definition) is 1. The molecule has 1 aromatic heterocycles. The number of aromatic nitrogens is 2. The zero-order valence-corrected chi connectivity index (χ0v) is 17.6. The first-order valence-electron chi connectivity index (χ1n) is 8.84. The Balaban J connectivity index is 1.70. The summed E-state index contributed by atoms with van der Waals surface area (Å²) in [6, 6.07) is 12.5. The Morgan fingerprint density at radius 3 is 2.43 bits per heavy atom. The van der Waals surface area contributed by atoms with Crippen LogP contribution in [0.3, 0.4) is 0 Å². The van der Waals surface area contributed by atoms with Crippen molar-refractivity contribution in [2.24, 2.45) is 0 Å². The molecule has 0 saturated heterocycles. The number of thioether (sulfide) groups is 1. The van der Waals surface area contributed by atoms with Crippen LogP contribution in [0.5, 0.6) is 0 Å². The third kappa shape index (κ3) is 5.73. The van der Waals surface area contributed by atoms with Crippen LogP contribution in [0.2, 0.25) is 5.02 Å². The smallest absolute Gasteiger partial charge is 0.324 e. The molecule has 0 spiro atoms. The van der Waals surface area contributed by atoms with E-state index in [1.54, 1.807) is 0 Å². The molecule has 0 aliphatic heterocycles. The van der Waals surface area contributed by atoms with Crippen LogP contribution in [0, 0.1) is 13.8 Å². The molecule has 0 aliphatic carbocycles. The van der Waals surface area contributed by atoms with Crippen LogP contribution in [-0.4, -0.2) is 21.6 Å². The number of aryl methyl sites for hydroxylation is 2. The van der Waals surface area contributed by atoms with Crippen molar-refractivity contribution in [2.75, 3.05) is 11.1 Å². The van der Waals surface area contributed by atoms with Crippen molar-refractivity contribution in [3.05, 3.63) is 70.4 Å². The van der Waals surface area contributed by atoms with Gasteiger partial charge in [0.05, 0.1) is 27.7 Å². The second-order valence-corrected chi connectivity index (χ2v) is 7.92. The van der Waals surface area contributed by atoms with Gasteiger partial charge in [0, 0.05) is 11.3 Å². The standard InChI is InChI=1S/C21H17ClF3N3OS/c1-12-3-5-14(6-4-12)17-9-13(2)26-20(28-17)30-11-19(29)27-18-10-15(21(23,24)25)7-8-16(18)22/h3-10H,11H2,1-2H3,(H,27,29). The van der Waals surface area contributed by atoms with E-state index in [2.05, 4.69) is 15.3 Å². The van der Waals surface area contributed by atoms with E-state index in [1.807, 2.05) is 44.2 Å². The van der Waals surface area contributed by atoms with Gasteiger partial charge >= 0.3 is 6.18 Å². The molecule has 1 heterocycles. The van der Waals surface area contributed by atoms with Crippen molar-refractivity contribution in [2.45, 2.75) is 25.2 Å². The molecule has 3 aromatic rings. The maximum absolute atomic E-state index is 12.9. The van der Waals surface area contributed by atoms with Crippen LogP contribution >= 0.6 is 23.4 Å². The van der Waals surface area contributed by atoms with Crippen molar-refractivity contribution in [1.82, 2.24) is 9.97 Å². The largest absolute Gasteiger partial charge is 0.416 e. The summed E-state index contributed by atoms with van der Waals surface area (Å²) in [5.41, 5.74) is 2.54. The van der Waals surface area contributed by atoms with Gasteiger partial charge in [-0.2, -0.15) is 13.2 Å². The highest BCUT2D eigenvalue weighted by atomic mass is 35.5. The molecule has 2 aromatic carbocycles. The summed E-state index contributed by atoms with van der Waals surface area (Å²) in [5, 5.41) is 2.83. The van der Waals surface area contributed by atoms with E-state index < -0.39 is 17.6 Å². The van der Waals surface area contributed by atoms with Crippen molar-refractivity contribution < 1.29 is 18.0 Å². The summed E-state index contributed by atoms with van der Waals surface area (Å²) in [4.78, 5) is 21.0. The molecule has 0 radical (unpaired) electrons. The van der Waals surface area contributed by atoms with Crippen LogP contribution in [0.4, 0.5) is 18.9 Å². The predicted molar refractivity (Wildman–Crippen MR) is 113 cm³/mol. The normalized spacial score (nSPS) is 11.4. The molecule has 4 nitrogen and oxygen atoms in total. The Hall–Kier alpha value is -2.58. The van der Waals surface area contributed by atoms with Crippen molar-refractivity contribution in [3.63, 3.8) is 0 Å². The Morgan fingerprint density at radius 2 is 1.77 bits per heavy atom. The van der Waals surface area contributed by atoms with Gasteiger partial charge in [-0.3, -0.25) is 4.79 Å². The maximum atomic E-state index is 12.9. The summed E-state index contributed by atoms with van der Waals surface area (Å²) in [7, 11) is 0. The maximum Gasteiger partial charge on any atom is 0.416 e. The van der Waals surface area contributed by atoms with E-state index in [4.69, 9.17) is 11.6 Å².